The molecule has 0 atom stereocenters. The molecule has 0 spiro atoms. The van der Waals surface area contributed by atoms with E-state index in [1.165, 1.54) is 0 Å². The zero-order valence-electron chi connectivity index (χ0n) is 11.4. The van der Waals surface area contributed by atoms with Crippen LogP contribution in [0.4, 0.5) is 17.3 Å². The Kier molecular flexibility index (Phi) is 5.20. The summed E-state index contributed by atoms with van der Waals surface area (Å²) in [5.41, 5.74) is 0.876. The molecule has 106 valence electrons. The summed E-state index contributed by atoms with van der Waals surface area (Å²) in [5.74, 6) is 2.36. The van der Waals surface area contributed by atoms with Crippen LogP contribution in [0.1, 0.15) is 19.2 Å². The van der Waals surface area contributed by atoms with Gasteiger partial charge in [-0.15, -0.1) is 0 Å². The van der Waals surface area contributed by atoms with Gasteiger partial charge in [-0.3, -0.25) is 0 Å². The number of aryl methyl sites for hydroxylation is 1. The van der Waals surface area contributed by atoms with Crippen LogP contribution in [-0.2, 0) is 6.42 Å². The number of nitrogens with one attached hydrogen (secondary N) is 2. The summed E-state index contributed by atoms with van der Waals surface area (Å²) >= 11 is 9.51. The van der Waals surface area contributed by atoms with Crippen molar-refractivity contribution in [3.8, 4) is 0 Å². The zero-order valence-corrected chi connectivity index (χ0v) is 13.7. The highest BCUT2D eigenvalue weighted by atomic mass is 79.9. The third-order valence-electron chi connectivity index (χ3n) is 2.69. The van der Waals surface area contributed by atoms with Crippen LogP contribution >= 0.6 is 27.5 Å². The summed E-state index contributed by atoms with van der Waals surface area (Å²) in [4.78, 5) is 8.93. The smallest absolute Gasteiger partial charge is 0.136 e. The molecule has 0 aliphatic carbocycles. The maximum atomic E-state index is 6.02. The lowest BCUT2D eigenvalue weighted by Gasteiger charge is -2.11. The van der Waals surface area contributed by atoms with Crippen molar-refractivity contribution in [2.75, 3.05) is 17.7 Å². The van der Waals surface area contributed by atoms with Crippen LogP contribution in [0.2, 0.25) is 5.02 Å². The molecule has 1 aromatic carbocycles. The summed E-state index contributed by atoms with van der Waals surface area (Å²) in [6, 6.07) is 7.45. The van der Waals surface area contributed by atoms with Crippen molar-refractivity contribution in [1.29, 1.82) is 0 Å². The maximum Gasteiger partial charge on any atom is 0.136 e. The standard InChI is InChI=1S/C14H16BrClN4/c1-3-4-12-19-13(17-2)8-14(20-12)18-11-7-9(16)5-6-10(11)15/h5-8H,3-4H2,1-2H3,(H2,17,18,19,20). The molecule has 2 N–H and O–H groups in total. The second-order valence-corrected chi connectivity index (χ2v) is 5.59. The van der Waals surface area contributed by atoms with Crippen molar-refractivity contribution >= 4 is 44.9 Å². The van der Waals surface area contributed by atoms with Crippen molar-refractivity contribution < 1.29 is 0 Å². The Balaban J connectivity index is 2.32. The van der Waals surface area contributed by atoms with E-state index in [0.29, 0.717) is 5.02 Å². The van der Waals surface area contributed by atoms with E-state index in [4.69, 9.17) is 11.6 Å². The lowest BCUT2D eigenvalue weighted by Crippen LogP contribution is -2.04. The van der Waals surface area contributed by atoms with E-state index in [0.717, 1.165) is 40.5 Å². The molecule has 0 saturated heterocycles. The number of nitrogens with zero attached hydrogens (tertiary/aromatic N) is 2. The van der Waals surface area contributed by atoms with Gasteiger partial charge in [0.1, 0.15) is 17.5 Å². The number of hydrogen-bond donors (Lipinski definition) is 2. The van der Waals surface area contributed by atoms with Gasteiger partial charge < -0.3 is 10.6 Å². The third-order valence-corrected chi connectivity index (χ3v) is 3.62. The van der Waals surface area contributed by atoms with Gasteiger partial charge in [0.05, 0.1) is 5.69 Å². The topological polar surface area (TPSA) is 49.8 Å². The molecule has 20 heavy (non-hydrogen) atoms. The molecular weight excluding hydrogens is 340 g/mol. The van der Waals surface area contributed by atoms with Crippen molar-refractivity contribution in [2.24, 2.45) is 0 Å². The third kappa shape index (κ3) is 3.84. The lowest BCUT2D eigenvalue weighted by atomic mass is 10.3. The first-order chi connectivity index (χ1) is 9.62. The predicted molar refractivity (Wildman–Crippen MR) is 88.0 cm³/mol. The Morgan fingerprint density at radius 2 is 1.95 bits per heavy atom. The number of aromatic nitrogens is 2. The maximum absolute atomic E-state index is 6.02. The number of halogens is 2. The quantitative estimate of drug-likeness (QED) is 0.821. The van der Waals surface area contributed by atoms with Crippen LogP contribution in [0.5, 0.6) is 0 Å². The van der Waals surface area contributed by atoms with Gasteiger partial charge in [-0.1, -0.05) is 18.5 Å². The molecule has 2 rings (SSSR count). The zero-order chi connectivity index (χ0) is 14.5. The minimum Gasteiger partial charge on any atom is -0.373 e. The summed E-state index contributed by atoms with van der Waals surface area (Å²) in [6.45, 7) is 2.11. The van der Waals surface area contributed by atoms with Gasteiger partial charge >= 0.3 is 0 Å². The second kappa shape index (κ2) is 6.90. The molecule has 0 bridgehead atoms. The molecular formula is C14H16BrClN4. The second-order valence-electron chi connectivity index (χ2n) is 4.30. The fraction of sp³-hybridized carbons (Fsp3) is 0.286. The summed E-state index contributed by atoms with van der Waals surface area (Å²) < 4.78 is 0.934. The lowest BCUT2D eigenvalue weighted by molar-refractivity contribution is 0.838. The molecule has 4 nitrogen and oxygen atoms in total. The van der Waals surface area contributed by atoms with Crippen molar-refractivity contribution in [3.63, 3.8) is 0 Å². The van der Waals surface area contributed by atoms with E-state index >= 15 is 0 Å². The van der Waals surface area contributed by atoms with E-state index in [2.05, 4.69) is 43.5 Å². The average Bonchev–Trinajstić information content (AvgIpc) is 2.43. The van der Waals surface area contributed by atoms with E-state index in [1.807, 2.05) is 31.3 Å². The summed E-state index contributed by atoms with van der Waals surface area (Å²) in [7, 11) is 1.84. The Bertz CT molecular complexity index is 604. The highest BCUT2D eigenvalue weighted by Crippen LogP contribution is 2.28. The number of rotatable bonds is 5. The largest absolute Gasteiger partial charge is 0.373 e. The van der Waals surface area contributed by atoms with E-state index < -0.39 is 0 Å². The minimum atomic E-state index is 0.673. The van der Waals surface area contributed by atoms with Crippen molar-refractivity contribution in [3.05, 3.63) is 39.6 Å². The van der Waals surface area contributed by atoms with Gasteiger partial charge in [-0.05, 0) is 40.5 Å². The molecule has 0 unspecified atom stereocenters. The first-order valence-corrected chi connectivity index (χ1v) is 7.57. The average molecular weight is 356 g/mol. The molecule has 0 amide bonds. The number of hydrogen-bond acceptors (Lipinski definition) is 4. The van der Waals surface area contributed by atoms with Gasteiger partial charge in [0, 0.05) is 29.0 Å². The molecule has 1 aromatic heterocycles. The highest BCUT2D eigenvalue weighted by Gasteiger charge is 2.06. The predicted octanol–water partition coefficient (Wildman–Crippen LogP) is 4.63. The molecule has 0 aliphatic rings. The van der Waals surface area contributed by atoms with Crippen LogP contribution < -0.4 is 10.6 Å². The van der Waals surface area contributed by atoms with E-state index in [1.54, 1.807) is 0 Å². The molecule has 2 aromatic rings. The fourth-order valence-electron chi connectivity index (χ4n) is 1.76. The Morgan fingerprint density at radius 3 is 2.65 bits per heavy atom. The number of benzene rings is 1. The fourth-order valence-corrected chi connectivity index (χ4v) is 2.27. The summed E-state index contributed by atoms with van der Waals surface area (Å²) in [5, 5.41) is 6.99. The van der Waals surface area contributed by atoms with E-state index in [-0.39, 0.29) is 0 Å². The molecule has 6 heteroatoms. The SMILES string of the molecule is CCCc1nc(NC)cc(Nc2cc(Cl)ccc2Br)n1. The Hall–Kier alpha value is -1.33. The van der Waals surface area contributed by atoms with Gasteiger partial charge in [0.25, 0.3) is 0 Å². The normalized spacial score (nSPS) is 10.4. The van der Waals surface area contributed by atoms with Crippen LogP contribution in [0, 0.1) is 0 Å². The molecule has 0 aliphatic heterocycles. The monoisotopic (exact) mass is 354 g/mol. The van der Waals surface area contributed by atoms with Gasteiger partial charge in [0.2, 0.25) is 0 Å². The van der Waals surface area contributed by atoms with Gasteiger partial charge in [0.15, 0.2) is 0 Å². The molecule has 0 fully saturated rings. The minimum absolute atomic E-state index is 0.673. The highest BCUT2D eigenvalue weighted by molar-refractivity contribution is 9.10. The van der Waals surface area contributed by atoms with Crippen LogP contribution in [0.3, 0.4) is 0 Å². The molecule has 0 saturated carbocycles. The van der Waals surface area contributed by atoms with Crippen molar-refractivity contribution in [1.82, 2.24) is 9.97 Å². The summed E-state index contributed by atoms with van der Waals surface area (Å²) in [6.07, 6.45) is 1.86. The van der Waals surface area contributed by atoms with Gasteiger partial charge in [-0.2, -0.15) is 0 Å². The molecule has 1 heterocycles. The van der Waals surface area contributed by atoms with Crippen LogP contribution in [0.15, 0.2) is 28.7 Å². The van der Waals surface area contributed by atoms with Crippen LogP contribution in [-0.4, -0.2) is 17.0 Å². The van der Waals surface area contributed by atoms with E-state index in [9.17, 15) is 0 Å². The number of anilines is 3. The first kappa shape index (κ1) is 15.1. The molecule has 0 radical (unpaired) electrons. The first-order valence-electron chi connectivity index (χ1n) is 6.40. The van der Waals surface area contributed by atoms with Crippen molar-refractivity contribution in [2.45, 2.75) is 19.8 Å². The van der Waals surface area contributed by atoms with Crippen LogP contribution in [0.25, 0.3) is 0 Å². The Morgan fingerprint density at radius 1 is 1.20 bits per heavy atom. The Labute approximate surface area is 132 Å². The van der Waals surface area contributed by atoms with Gasteiger partial charge in [-0.25, -0.2) is 9.97 Å².